The van der Waals surface area contributed by atoms with Gasteiger partial charge in [0, 0.05) is 0 Å². The van der Waals surface area contributed by atoms with Gasteiger partial charge in [0.2, 0.25) is 0 Å². The van der Waals surface area contributed by atoms with E-state index in [0.29, 0.717) is 0 Å². The van der Waals surface area contributed by atoms with E-state index in [9.17, 15) is 0 Å². The molecule has 0 N–H and O–H groups in total. The highest BCUT2D eigenvalue weighted by atomic mass is 14.2. The van der Waals surface area contributed by atoms with Gasteiger partial charge in [-0.05, 0) is 64.6 Å². The zero-order chi connectivity index (χ0) is 19.7. The van der Waals surface area contributed by atoms with E-state index >= 15 is 0 Å². The average Bonchev–Trinajstić information content (AvgIpc) is 2.83. The molecule has 0 spiro atoms. The van der Waals surface area contributed by atoms with Crippen LogP contribution in [0.5, 0.6) is 0 Å². The Labute approximate surface area is 174 Å². The molecule has 0 aromatic heterocycles. The highest BCUT2D eigenvalue weighted by Crippen LogP contribution is 2.43. The molecule has 0 unspecified atom stereocenters. The van der Waals surface area contributed by atoms with Crippen LogP contribution in [0, 0.1) is 0 Å². The minimum absolute atomic E-state index is 1.29. The molecule has 0 aliphatic rings. The molecule has 0 nitrogen and oxygen atoms in total. The molecule has 0 amide bonds. The fourth-order valence-corrected chi connectivity index (χ4v) is 5.30. The summed E-state index contributed by atoms with van der Waals surface area (Å²) < 4.78 is 0. The van der Waals surface area contributed by atoms with Crippen LogP contribution in [0.1, 0.15) is 0 Å². The first-order valence-electron chi connectivity index (χ1n) is 10.5. The van der Waals surface area contributed by atoms with E-state index in [4.69, 9.17) is 0 Å². The largest absolute Gasteiger partial charge is 0.0616 e. The second-order valence-corrected chi connectivity index (χ2v) is 8.13. The molecule has 0 atom stereocenters. The molecule has 0 heterocycles. The van der Waals surface area contributed by atoms with Crippen molar-refractivity contribution in [1.29, 1.82) is 0 Å². The van der Waals surface area contributed by atoms with Gasteiger partial charge in [-0.25, -0.2) is 0 Å². The molecule has 0 aliphatic heterocycles. The van der Waals surface area contributed by atoms with Gasteiger partial charge >= 0.3 is 0 Å². The van der Waals surface area contributed by atoms with E-state index in [1.807, 2.05) is 0 Å². The van der Waals surface area contributed by atoms with Crippen molar-refractivity contribution >= 4 is 64.6 Å². The molecule has 0 saturated carbocycles. The van der Waals surface area contributed by atoms with Crippen LogP contribution in [0.4, 0.5) is 0 Å². The first-order chi connectivity index (χ1) is 14.9. The Kier molecular flexibility index (Phi) is 3.09. The van der Waals surface area contributed by atoms with E-state index in [0.717, 1.165) is 0 Å². The fraction of sp³-hybridized carbons (Fsp3) is 0. The van der Waals surface area contributed by atoms with Gasteiger partial charge in [-0.3, -0.25) is 0 Å². The van der Waals surface area contributed by atoms with Crippen LogP contribution in [-0.2, 0) is 0 Å². The van der Waals surface area contributed by atoms with Crippen LogP contribution in [0.25, 0.3) is 64.6 Å². The van der Waals surface area contributed by atoms with Gasteiger partial charge in [-0.15, -0.1) is 0 Å². The molecule has 0 fully saturated rings. The Morgan fingerprint density at radius 3 is 1.33 bits per heavy atom. The van der Waals surface area contributed by atoms with Crippen LogP contribution < -0.4 is 0 Å². The van der Waals surface area contributed by atoms with Crippen LogP contribution in [0.2, 0.25) is 0 Å². The number of benzene rings is 7. The molecule has 7 rings (SSSR count). The lowest BCUT2D eigenvalue weighted by molar-refractivity contribution is 1.78. The zero-order valence-corrected chi connectivity index (χ0v) is 16.4. The van der Waals surface area contributed by atoms with Gasteiger partial charge in [-0.2, -0.15) is 0 Å². The summed E-state index contributed by atoms with van der Waals surface area (Å²) in [6, 6.07) is 40.1. The van der Waals surface area contributed by atoms with Gasteiger partial charge in [0.25, 0.3) is 0 Å². The third-order valence-corrected chi connectivity index (χ3v) is 6.60. The molecule has 30 heavy (non-hydrogen) atoms. The molecule has 0 heteroatoms. The summed E-state index contributed by atoms with van der Waals surface area (Å²) >= 11 is 0. The summed E-state index contributed by atoms with van der Waals surface area (Å²) in [6.45, 7) is 0. The Morgan fingerprint density at radius 1 is 0.233 bits per heavy atom. The van der Waals surface area contributed by atoms with Crippen molar-refractivity contribution < 1.29 is 0 Å². The summed E-state index contributed by atoms with van der Waals surface area (Å²) in [5, 5.41) is 15.9. The van der Waals surface area contributed by atoms with E-state index in [2.05, 4.69) is 109 Å². The fourth-order valence-electron chi connectivity index (χ4n) is 5.30. The maximum Gasteiger partial charge on any atom is -0.000786 e. The van der Waals surface area contributed by atoms with Gasteiger partial charge in [0.15, 0.2) is 0 Å². The predicted molar refractivity (Wildman–Crippen MR) is 131 cm³/mol. The molecular formula is C30H18. The quantitative estimate of drug-likeness (QED) is 0.232. The van der Waals surface area contributed by atoms with E-state index in [1.54, 1.807) is 0 Å². The SMILES string of the molecule is c1ccc2c(c1)ccc1ccc3c4ccccc4c4ccc5ccccc5c4c3c12. The summed E-state index contributed by atoms with van der Waals surface area (Å²) in [7, 11) is 0. The van der Waals surface area contributed by atoms with Crippen molar-refractivity contribution in [3.8, 4) is 0 Å². The lowest BCUT2D eigenvalue weighted by atomic mass is 9.87. The Balaban J connectivity index is 1.95. The van der Waals surface area contributed by atoms with E-state index in [-0.39, 0.29) is 0 Å². The molecule has 0 bridgehead atoms. The van der Waals surface area contributed by atoms with Crippen molar-refractivity contribution in [2.75, 3.05) is 0 Å². The van der Waals surface area contributed by atoms with Crippen LogP contribution in [0.3, 0.4) is 0 Å². The standard InChI is InChI=1S/C30H18/c1-3-9-22-19(7-1)13-14-21-16-18-27-25-12-6-5-11-24(25)26-17-15-20-8-2-4-10-23(20)29(26)30(27)28(21)22/h1-18H. The monoisotopic (exact) mass is 378 g/mol. The number of hydrogen-bond acceptors (Lipinski definition) is 0. The Morgan fingerprint density at radius 2 is 0.667 bits per heavy atom. The van der Waals surface area contributed by atoms with Crippen molar-refractivity contribution in [2.45, 2.75) is 0 Å². The normalized spacial score (nSPS) is 12.0. The first-order valence-corrected chi connectivity index (χ1v) is 10.5. The van der Waals surface area contributed by atoms with Crippen LogP contribution >= 0.6 is 0 Å². The topological polar surface area (TPSA) is 0 Å². The number of rotatable bonds is 0. The van der Waals surface area contributed by atoms with Gasteiger partial charge in [-0.1, -0.05) is 109 Å². The van der Waals surface area contributed by atoms with Gasteiger partial charge < -0.3 is 0 Å². The van der Waals surface area contributed by atoms with Crippen molar-refractivity contribution in [3.63, 3.8) is 0 Å². The van der Waals surface area contributed by atoms with Crippen molar-refractivity contribution in [3.05, 3.63) is 109 Å². The minimum Gasteiger partial charge on any atom is -0.0616 e. The highest BCUT2D eigenvalue weighted by molar-refractivity contribution is 6.38. The molecular weight excluding hydrogens is 360 g/mol. The maximum absolute atomic E-state index is 2.32. The molecule has 0 radical (unpaired) electrons. The second kappa shape index (κ2) is 5.81. The molecule has 7 aromatic rings. The predicted octanol–water partition coefficient (Wildman–Crippen LogP) is 8.61. The summed E-state index contributed by atoms with van der Waals surface area (Å²) in [5.41, 5.74) is 0. The number of hydrogen-bond donors (Lipinski definition) is 0. The lowest BCUT2D eigenvalue weighted by Gasteiger charge is -2.16. The van der Waals surface area contributed by atoms with Crippen molar-refractivity contribution in [2.24, 2.45) is 0 Å². The van der Waals surface area contributed by atoms with Gasteiger partial charge in [0.1, 0.15) is 0 Å². The molecule has 0 aliphatic carbocycles. The highest BCUT2D eigenvalue weighted by Gasteiger charge is 2.14. The summed E-state index contributed by atoms with van der Waals surface area (Å²) in [4.78, 5) is 0. The molecule has 0 saturated heterocycles. The Bertz CT molecular complexity index is 1780. The number of fused-ring (bicyclic) bond motifs is 12. The molecule has 7 aromatic carbocycles. The van der Waals surface area contributed by atoms with E-state index < -0.39 is 0 Å². The van der Waals surface area contributed by atoms with Crippen LogP contribution in [0.15, 0.2) is 109 Å². The van der Waals surface area contributed by atoms with Crippen molar-refractivity contribution in [1.82, 2.24) is 0 Å². The van der Waals surface area contributed by atoms with E-state index in [1.165, 1.54) is 64.6 Å². The smallest absolute Gasteiger partial charge is 0.000786 e. The Hall–Kier alpha value is -3.90. The summed E-state index contributed by atoms with van der Waals surface area (Å²) in [5.74, 6) is 0. The lowest BCUT2D eigenvalue weighted by Crippen LogP contribution is -1.88. The third kappa shape index (κ3) is 2.00. The molecule has 138 valence electrons. The van der Waals surface area contributed by atoms with Gasteiger partial charge in [0.05, 0.1) is 0 Å². The minimum atomic E-state index is 1.29. The summed E-state index contributed by atoms with van der Waals surface area (Å²) in [6.07, 6.45) is 0. The second-order valence-electron chi connectivity index (χ2n) is 8.13. The maximum atomic E-state index is 2.32. The third-order valence-electron chi connectivity index (χ3n) is 6.60. The average molecular weight is 378 g/mol. The zero-order valence-electron chi connectivity index (χ0n) is 16.4. The van der Waals surface area contributed by atoms with Crippen LogP contribution in [-0.4, -0.2) is 0 Å². The first kappa shape index (κ1) is 16.0.